The average Bonchev–Trinajstić information content (AvgIpc) is 2.92. The van der Waals surface area contributed by atoms with E-state index in [1.807, 2.05) is 0 Å². The molecule has 4 aliphatic rings. The normalized spacial score (nSPS) is 49.3. The van der Waals surface area contributed by atoms with E-state index in [0.717, 1.165) is 38.5 Å². The topological polar surface area (TPSA) is 63.6 Å². The summed E-state index contributed by atoms with van der Waals surface area (Å²) in [6, 6.07) is 0. The third-order valence-corrected chi connectivity index (χ3v) is 10.2. The Morgan fingerprint density at radius 2 is 1.93 bits per heavy atom. The predicted octanol–water partition coefficient (Wildman–Crippen LogP) is 5.16. The van der Waals surface area contributed by atoms with Gasteiger partial charge in [0.05, 0.1) is 6.10 Å². The van der Waals surface area contributed by atoms with Gasteiger partial charge in [0, 0.05) is 24.7 Å². The predicted molar refractivity (Wildman–Crippen MR) is 117 cm³/mol. The summed E-state index contributed by atoms with van der Waals surface area (Å²) in [5, 5.41) is 10.3. The number of aliphatic hydroxyl groups is 1. The highest BCUT2D eigenvalue weighted by Gasteiger charge is 2.63. The Morgan fingerprint density at radius 1 is 1.20 bits per heavy atom. The molecule has 10 atom stereocenters. The zero-order chi connectivity index (χ0) is 21.8. The van der Waals surface area contributed by atoms with Crippen molar-refractivity contribution in [2.45, 2.75) is 104 Å². The lowest BCUT2D eigenvalue weighted by Crippen LogP contribution is -2.54. The van der Waals surface area contributed by atoms with E-state index in [1.54, 1.807) is 6.92 Å². The van der Waals surface area contributed by atoms with Crippen LogP contribution in [0.1, 0.15) is 92.4 Å². The maximum Gasteiger partial charge on any atom is 0.306 e. The largest absolute Gasteiger partial charge is 0.459 e. The lowest BCUT2D eigenvalue weighted by Gasteiger charge is -2.58. The number of aliphatic hydroxyl groups excluding tert-OH is 1. The molecule has 0 radical (unpaired) electrons. The Balaban J connectivity index is 1.65. The highest BCUT2D eigenvalue weighted by atomic mass is 16.6. The lowest BCUT2D eigenvalue weighted by molar-refractivity contribution is -0.168. The minimum absolute atomic E-state index is 0.0131. The molecule has 0 aromatic rings. The van der Waals surface area contributed by atoms with Crippen LogP contribution in [0.4, 0.5) is 0 Å². The molecule has 4 nitrogen and oxygen atoms in total. The van der Waals surface area contributed by atoms with Crippen molar-refractivity contribution in [1.82, 2.24) is 0 Å². The number of esters is 1. The lowest BCUT2D eigenvalue weighted by atomic mass is 9.47. The molecule has 4 heteroatoms. The fraction of sp³-hybridized carbons (Fsp3) is 0.923. The summed E-state index contributed by atoms with van der Waals surface area (Å²) in [7, 11) is 0. The van der Waals surface area contributed by atoms with Crippen LogP contribution in [0.2, 0.25) is 0 Å². The van der Waals surface area contributed by atoms with Gasteiger partial charge in [-0.25, -0.2) is 0 Å². The molecule has 3 saturated carbocycles. The molecule has 0 aromatic heterocycles. The second kappa shape index (κ2) is 7.90. The highest BCUT2D eigenvalue weighted by molar-refractivity contribution is 5.75. The fourth-order valence-electron chi connectivity index (χ4n) is 8.62. The highest BCUT2D eigenvalue weighted by Crippen LogP contribution is 2.65. The number of ketones is 1. The number of hydrogen-bond acceptors (Lipinski definition) is 4. The van der Waals surface area contributed by atoms with Crippen LogP contribution in [-0.4, -0.2) is 28.6 Å². The molecule has 3 aliphatic carbocycles. The van der Waals surface area contributed by atoms with Crippen LogP contribution in [-0.2, 0) is 14.3 Å². The van der Waals surface area contributed by atoms with Crippen molar-refractivity contribution in [3.63, 3.8) is 0 Å². The van der Waals surface area contributed by atoms with Gasteiger partial charge in [-0.05, 0) is 93.8 Å². The molecule has 1 saturated heterocycles. The number of carbonyl (C=O) groups excluding carboxylic acids is 2. The molecule has 1 heterocycles. The molecule has 0 bridgehead atoms. The van der Waals surface area contributed by atoms with E-state index in [9.17, 15) is 14.7 Å². The van der Waals surface area contributed by atoms with Crippen LogP contribution in [0.25, 0.3) is 0 Å². The number of Topliss-reactive ketones (excluding diaryl/α,β-unsaturated/α-hetero) is 1. The Hall–Kier alpha value is -0.900. The maximum atomic E-state index is 13.2. The van der Waals surface area contributed by atoms with Gasteiger partial charge in [0.2, 0.25) is 0 Å². The van der Waals surface area contributed by atoms with Crippen molar-refractivity contribution >= 4 is 11.8 Å². The summed E-state index contributed by atoms with van der Waals surface area (Å²) in [6.45, 7) is 10.9. The molecule has 4 fully saturated rings. The smallest absolute Gasteiger partial charge is 0.306 e. The Labute approximate surface area is 182 Å². The van der Waals surface area contributed by atoms with E-state index in [2.05, 4.69) is 27.7 Å². The van der Waals surface area contributed by atoms with E-state index in [0.29, 0.717) is 54.3 Å². The molecular weight excluding hydrogens is 376 g/mol. The average molecular weight is 419 g/mol. The first-order chi connectivity index (χ1) is 14.1. The number of hydrogen-bond donors (Lipinski definition) is 1. The van der Waals surface area contributed by atoms with E-state index in [-0.39, 0.29) is 23.3 Å². The maximum absolute atomic E-state index is 13.2. The van der Waals surface area contributed by atoms with Gasteiger partial charge in [-0.3, -0.25) is 4.79 Å². The Bertz CT molecular complexity index is 689. The second-order valence-corrected chi connectivity index (χ2v) is 11.9. The minimum Gasteiger partial charge on any atom is -0.459 e. The van der Waals surface area contributed by atoms with Crippen molar-refractivity contribution in [1.29, 1.82) is 0 Å². The zero-order valence-corrected chi connectivity index (χ0v) is 19.7. The molecule has 0 aromatic carbocycles. The third-order valence-electron chi connectivity index (χ3n) is 10.2. The van der Waals surface area contributed by atoms with Gasteiger partial charge in [-0.2, -0.15) is 0 Å². The monoisotopic (exact) mass is 418 g/mol. The number of carbonyl (C=O) groups is 2. The zero-order valence-electron chi connectivity index (χ0n) is 19.7. The summed E-state index contributed by atoms with van der Waals surface area (Å²) in [5.41, 5.74) is -0.267. The first kappa shape index (κ1) is 22.3. The summed E-state index contributed by atoms with van der Waals surface area (Å²) in [4.78, 5) is 24.7. The van der Waals surface area contributed by atoms with Crippen LogP contribution in [0, 0.1) is 46.8 Å². The first-order valence-corrected chi connectivity index (χ1v) is 12.5. The van der Waals surface area contributed by atoms with Gasteiger partial charge in [0.15, 0.2) is 0 Å². The van der Waals surface area contributed by atoms with Gasteiger partial charge in [-0.1, -0.05) is 20.8 Å². The molecular formula is C26H42O4. The number of fused-ring (bicyclic) bond motifs is 5. The second-order valence-electron chi connectivity index (χ2n) is 11.9. The van der Waals surface area contributed by atoms with Crippen molar-refractivity contribution in [2.75, 3.05) is 0 Å². The van der Waals surface area contributed by atoms with Crippen LogP contribution in [0.5, 0.6) is 0 Å². The minimum atomic E-state index is -0.404. The third kappa shape index (κ3) is 3.55. The van der Waals surface area contributed by atoms with Gasteiger partial charge < -0.3 is 14.6 Å². The summed E-state index contributed by atoms with van der Waals surface area (Å²) in [5.74, 6) is 3.34. The summed E-state index contributed by atoms with van der Waals surface area (Å²) < 4.78 is 6.38. The fourth-order valence-corrected chi connectivity index (χ4v) is 8.62. The number of rotatable bonds is 4. The van der Waals surface area contributed by atoms with Crippen LogP contribution in [0.15, 0.2) is 0 Å². The van der Waals surface area contributed by atoms with Crippen molar-refractivity contribution < 1.29 is 19.4 Å². The molecule has 4 rings (SSSR count). The van der Waals surface area contributed by atoms with E-state index < -0.39 is 5.60 Å². The van der Waals surface area contributed by atoms with Gasteiger partial charge in [0.25, 0.3) is 0 Å². The quantitative estimate of drug-likeness (QED) is 0.640. The van der Waals surface area contributed by atoms with Crippen LogP contribution >= 0.6 is 0 Å². The Kier molecular flexibility index (Phi) is 5.87. The summed E-state index contributed by atoms with van der Waals surface area (Å²) in [6.07, 6.45) is 8.07. The molecule has 1 aliphatic heterocycles. The van der Waals surface area contributed by atoms with Crippen molar-refractivity contribution in [3.05, 3.63) is 0 Å². The molecule has 0 amide bonds. The molecule has 10 unspecified atom stereocenters. The standard InChI is InChI=1S/C26H42O4/c1-15(6-7-17(3)27)20-8-9-21-24-16(2)12-18-13-19(28)10-11-25(18,4)22(24)14-23(29)30-26(20,21)5/h15-16,18-22,24,28H,6-14H2,1-5H3. The first-order valence-electron chi connectivity index (χ1n) is 12.5. The van der Waals surface area contributed by atoms with E-state index in [4.69, 9.17) is 4.74 Å². The van der Waals surface area contributed by atoms with Crippen molar-refractivity contribution in [3.8, 4) is 0 Å². The summed E-state index contributed by atoms with van der Waals surface area (Å²) >= 11 is 0. The molecule has 0 spiro atoms. The van der Waals surface area contributed by atoms with Gasteiger partial charge in [0.1, 0.15) is 11.4 Å². The van der Waals surface area contributed by atoms with Crippen LogP contribution < -0.4 is 0 Å². The SMILES string of the molecule is CC(=O)CCC(C)C1CCC2C3C(C)CC4CC(O)CCC4(C)C3CC(=O)OC12C. The molecule has 170 valence electrons. The van der Waals surface area contributed by atoms with Crippen LogP contribution in [0.3, 0.4) is 0 Å². The molecule has 1 N–H and O–H groups in total. The Morgan fingerprint density at radius 3 is 2.63 bits per heavy atom. The van der Waals surface area contributed by atoms with E-state index in [1.165, 1.54) is 6.42 Å². The van der Waals surface area contributed by atoms with Gasteiger partial charge >= 0.3 is 5.97 Å². The van der Waals surface area contributed by atoms with E-state index >= 15 is 0 Å². The number of ether oxygens (including phenoxy) is 1. The van der Waals surface area contributed by atoms with Gasteiger partial charge in [-0.15, -0.1) is 0 Å². The molecule has 30 heavy (non-hydrogen) atoms. The van der Waals surface area contributed by atoms with Crippen molar-refractivity contribution in [2.24, 2.45) is 46.8 Å².